The van der Waals surface area contributed by atoms with E-state index < -0.39 is 12.7 Å². The molecule has 0 aromatic carbocycles. The molecule has 0 aromatic rings. The molecule has 25 heavy (non-hydrogen) atoms. The minimum atomic E-state index is -4.13. The normalized spacial score (nSPS) is 37.5. The molecule has 2 aliphatic heterocycles. The van der Waals surface area contributed by atoms with Gasteiger partial charge < -0.3 is 15.4 Å². The molecule has 1 spiro atoms. The van der Waals surface area contributed by atoms with Crippen molar-refractivity contribution in [3.05, 3.63) is 0 Å². The van der Waals surface area contributed by atoms with E-state index >= 15 is 0 Å². The first kappa shape index (κ1) is 17.4. The number of likely N-dealkylation sites (tertiary alicyclic amines) is 1. The topological polar surface area (TPSA) is 48.9 Å². The zero-order valence-electron chi connectivity index (χ0n) is 14.6. The van der Waals surface area contributed by atoms with Crippen LogP contribution in [0.15, 0.2) is 4.99 Å². The molecule has 2 aliphatic carbocycles. The Hall–Kier alpha value is -1.02. The average molecular weight is 360 g/mol. The molecule has 0 amide bonds. The molecule has 4 aliphatic rings. The van der Waals surface area contributed by atoms with Crippen LogP contribution in [0.1, 0.15) is 32.1 Å². The van der Waals surface area contributed by atoms with E-state index in [1.54, 1.807) is 7.05 Å². The van der Waals surface area contributed by atoms with Crippen LogP contribution in [-0.2, 0) is 4.74 Å². The average Bonchev–Trinajstić information content (AvgIpc) is 3.08. The molecular weight excluding hydrogens is 333 g/mol. The maximum Gasteiger partial charge on any atom is 0.401 e. The summed E-state index contributed by atoms with van der Waals surface area (Å²) in [5, 5.41) is 6.91. The fourth-order valence-electron chi connectivity index (χ4n) is 5.31. The van der Waals surface area contributed by atoms with E-state index in [1.165, 1.54) is 24.2 Å². The van der Waals surface area contributed by atoms with Gasteiger partial charge in [-0.05, 0) is 25.7 Å². The Labute approximate surface area is 146 Å². The quantitative estimate of drug-likeness (QED) is 0.595. The molecule has 0 bridgehead atoms. The Morgan fingerprint density at radius 1 is 1.28 bits per heavy atom. The fraction of sp³-hybridized carbons (Fsp3) is 0.941. The Morgan fingerprint density at radius 3 is 2.72 bits per heavy atom. The Kier molecular flexibility index (Phi) is 4.38. The molecule has 2 N–H and O–H groups in total. The monoisotopic (exact) mass is 360 g/mol. The summed E-state index contributed by atoms with van der Waals surface area (Å²) in [6.07, 6.45) is 1.72. The van der Waals surface area contributed by atoms with E-state index in [1.807, 2.05) is 0 Å². The number of halogens is 3. The van der Waals surface area contributed by atoms with Gasteiger partial charge in [0, 0.05) is 50.2 Å². The van der Waals surface area contributed by atoms with Crippen molar-refractivity contribution in [1.29, 1.82) is 0 Å². The summed E-state index contributed by atoms with van der Waals surface area (Å²) in [6, 6.07) is 0.397. The van der Waals surface area contributed by atoms with Crippen molar-refractivity contribution in [2.75, 3.05) is 33.3 Å². The second kappa shape index (κ2) is 6.30. The van der Waals surface area contributed by atoms with E-state index in [2.05, 4.69) is 15.6 Å². The number of alkyl halides is 3. The molecule has 142 valence electrons. The van der Waals surface area contributed by atoms with Gasteiger partial charge in [0.25, 0.3) is 0 Å². The molecule has 4 fully saturated rings. The maximum absolute atomic E-state index is 12.5. The lowest BCUT2D eigenvalue weighted by atomic mass is 9.46. The van der Waals surface area contributed by atoms with Crippen LogP contribution in [0.3, 0.4) is 0 Å². The summed E-state index contributed by atoms with van der Waals surface area (Å²) < 4.78 is 43.5. The van der Waals surface area contributed by atoms with Crippen molar-refractivity contribution in [2.24, 2.45) is 16.3 Å². The molecule has 2 saturated heterocycles. The highest BCUT2D eigenvalue weighted by molar-refractivity contribution is 5.80. The minimum Gasteiger partial charge on any atom is -0.377 e. The highest BCUT2D eigenvalue weighted by Gasteiger charge is 2.66. The van der Waals surface area contributed by atoms with Crippen LogP contribution < -0.4 is 10.6 Å². The summed E-state index contributed by atoms with van der Waals surface area (Å²) >= 11 is 0. The molecule has 0 aromatic heterocycles. The number of nitrogens with zero attached hydrogens (tertiary/aromatic N) is 2. The number of ether oxygens (including phenoxy) is 1. The third-order valence-electron chi connectivity index (χ3n) is 6.57. The Morgan fingerprint density at radius 2 is 2.08 bits per heavy atom. The summed E-state index contributed by atoms with van der Waals surface area (Å²) in [6.45, 7) is 0.894. The number of fused-ring (bicyclic) bond motifs is 2. The zero-order chi connectivity index (χ0) is 17.7. The number of hydrogen-bond donors (Lipinski definition) is 2. The van der Waals surface area contributed by atoms with Gasteiger partial charge in [-0.2, -0.15) is 13.2 Å². The lowest BCUT2D eigenvalue weighted by Crippen LogP contribution is -2.72. The summed E-state index contributed by atoms with van der Waals surface area (Å²) in [5.74, 6) is 1.27. The van der Waals surface area contributed by atoms with Crippen molar-refractivity contribution in [3.63, 3.8) is 0 Å². The summed E-state index contributed by atoms with van der Waals surface area (Å²) in [7, 11) is 1.73. The predicted octanol–water partition coefficient (Wildman–Crippen LogP) is 1.75. The van der Waals surface area contributed by atoms with Gasteiger partial charge in [-0.15, -0.1) is 0 Å². The molecule has 0 radical (unpaired) electrons. The molecular formula is C17H27F3N4O. The van der Waals surface area contributed by atoms with E-state index in [9.17, 15) is 13.2 Å². The van der Waals surface area contributed by atoms with Crippen molar-refractivity contribution >= 4 is 5.96 Å². The second-order valence-corrected chi connectivity index (χ2v) is 8.01. The van der Waals surface area contributed by atoms with Crippen molar-refractivity contribution in [3.8, 4) is 0 Å². The van der Waals surface area contributed by atoms with Crippen LogP contribution in [0.2, 0.25) is 0 Å². The van der Waals surface area contributed by atoms with Gasteiger partial charge in [0.1, 0.15) is 0 Å². The number of hydrogen-bond acceptors (Lipinski definition) is 3. The standard InChI is InChI=1S/C17H27F3N4O/c1-21-15(22-11-3-7-24(9-11)10-17(18,19)20)23-13-12-4-8-25-14(12)16(13)5-2-6-16/h11-14H,2-10H2,1H3,(H2,21,22,23). The number of rotatable bonds is 3. The molecule has 4 atom stereocenters. The van der Waals surface area contributed by atoms with E-state index in [0.717, 1.165) is 19.0 Å². The van der Waals surface area contributed by atoms with E-state index in [4.69, 9.17) is 4.74 Å². The third kappa shape index (κ3) is 3.12. The van der Waals surface area contributed by atoms with Crippen LogP contribution in [0, 0.1) is 11.3 Å². The minimum absolute atomic E-state index is 0.0154. The van der Waals surface area contributed by atoms with Gasteiger partial charge in [-0.25, -0.2) is 0 Å². The summed E-state index contributed by atoms with van der Waals surface area (Å²) in [5.41, 5.74) is 0.261. The van der Waals surface area contributed by atoms with Crippen LogP contribution in [0.4, 0.5) is 13.2 Å². The van der Waals surface area contributed by atoms with Crippen molar-refractivity contribution in [1.82, 2.24) is 15.5 Å². The zero-order valence-corrected chi connectivity index (χ0v) is 14.6. The van der Waals surface area contributed by atoms with Crippen LogP contribution in [-0.4, -0.2) is 68.5 Å². The Balaban J connectivity index is 1.32. The number of guanidine groups is 1. The van der Waals surface area contributed by atoms with E-state index in [-0.39, 0.29) is 11.5 Å². The maximum atomic E-state index is 12.5. The van der Waals surface area contributed by atoms with Gasteiger partial charge in [0.15, 0.2) is 5.96 Å². The molecule has 2 heterocycles. The SMILES string of the molecule is CN=C(NC1CCN(CC(F)(F)F)C1)NC1C2CCOC2C12CCC2. The first-order valence-corrected chi connectivity index (χ1v) is 9.32. The number of nitrogens with one attached hydrogen (secondary N) is 2. The first-order chi connectivity index (χ1) is 11.9. The van der Waals surface area contributed by atoms with Crippen molar-refractivity contribution in [2.45, 2.75) is 56.5 Å². The van der Waals surface area contributed by atoms with Gasteiger partial charge >= 0.3 is 6.18 Å². The number of aliphatic imine (C=N–C) groups is 1. The van der Waals surface area contributed by atoms with Gasteiger partial charge in [0.2, 0.25) is 0 Å². The lowest BCUT2D eigenvalue weighted by molar-refractivity contribution is -0.171. The largest absolute Gasteiger partial charge is 0.401 e. The highest BCUT2D eigenvalue weighted by atomic mass is 19.4. The lowest BCUT2D eigenvalue weighted by Gasteiger charge is -2.63. The van der Waals surface area contributed by atoms with Crippen molar-refractivity contribution < 1.29 is 17.9 Å². The fourth-order valence-corrected chi connectivity index (χ4v) is 5.31. The van der Waals surface area contributed by atoms with Gasteiger partial charge in [0.05, 0.1) is 12.6 Å². The van der Waals surface area contributed by atoms with Crippen LogP contribution in [0.25, 0.3) is 0 Å². The molecule has 4 unspecified atom stereocenters. The molecule has 4 rings (SSSR count). The smallest absolute Gasteiger partial charge is 0.377 e. The second-order valence-electron chi connectivity index (χ2n) is 8.01. The van der Waals surface area contributed by atoms with Crippen LogP contribution in [0.5, 0.6) is 0 Å². The first-order valence-electron chi connectivity index (χ1n) is 9.32. The molecule has 2 saturated carbocycles. The predicted molar refractivity (Wildman–Crippen MR) is 88.4 cm³/mol. The van der Waals surface area contributed by atoms with Gasteiger partial charge in [-0.3, -0.25) is 9.89 Å². The molecule has 8 heteroatoms. The Bertz CT molecular complexity index is 534. The van der Waals surface area contributed by atoms with E-state index in [0.29, 0.717) is 37.6 Å². The third-order valence-corrected chi connectivity index (χ3v) is 6.57. The van der Waals surface area contributed by atoms with Gasteiger partial charge in [-0.1, -0.05) is 6.42 Å². The highest BCUT2D eigenvalue weighted by Crippen LogP contribution is 2.62. The summed E-state index contributed by atoms with van der Waals surface area (Å²) in [4.78, 5) is 5.78. The molecule has 5 nitrogen and oxygen atoms in total. The van der Waals surface area contributed by atoms with Crippen LogP contribution >= 0.6 is 0 Å².